The Kier molecular flexibility index (Phi) is 7.75. The minimum absolute atomic E-state index is 0.0901. The molecule has 1 amide bonds. The summed E-state index contributed by atoms with van der Waals surface area (Å²) in [5.41, 5.74) is 6.90. The predicted octanol–water partition coefficient (Wildman–Crippen LogP) is 1.05. The van der Waals surface area contributed by atoms with Crippen molar-refractivity contribution in [2.75, 3.05) is 38.7 Å². The van der Waals surface area contributed by atoms with Crippen molar-refractivity contribution in [2.24, 2.45) is 7.05 Å². The van der Waals surface area contributed by atoms with Crippen LogP contribution in [0.2, 0.25) is 0 Å². The number of oxazole rings is 1. The van der Waals surface area contributed by atoms with Gasteiger partial charge in [-0.15, -0.1) is 0 Å². The highest BCUT2D eigenvalue weighted by atomic mass is 16.5. The maximum absolute atomic E-state index is 12.0. The van der Waals surface area contributed by atoms with Gasteiger partial charge >= 0.3 is 5.97 Å². The number of hydrogen-bond donors (Lipinski definition) is 2. The maximum Gasteiger partial charge on any atom is 0.360 e. The number of nitrogens with zero attached hydrogens (tertiary/aromatic N) is 4. The predicted molar refractivity (Wildman–Crippen MR) is 112 cm³/mol. The molecule has 3 heterocycles. The number of ether oxygens (including phenoxy) is 3. The van der Waals surface area contributed by atoms with E-state index in [1.165, 1.54) is 10.9 Å². The Hall–Kier alpha value is -3.93. The number of nitrogens with one attached hydrogen (secondary N) is 1. The van der Waals surface area contributed by atoms with E-state index in [0.717, 1.165) is 0 Å². The summed E-state index contributed by atoms with van der Waals surface area (Å²) >= 11 is 0. The number of carbonyl (C=O) groups excluding carboxylic acids is 2. The first-order valence-electron chi connectivity index (χ1n) is 9.85. The van der Waals surface area contributed by atoms with E-state index in [1.54, 1.807) is 38.5 Å². The lowest BCUT2D eigenvalue weighted by molar-refractivity contribution is 0.0519. The molecule has 0 unspecified atom stereocenters. The fourth-order valence-electron chi connectivity index (χ4n) is 2.64. The molecular formula is C20H24N6O6. The van der Waals surface area contributed by atoms with E-state index in [2.05, 4.69) is 20.4 Å². The first-order valence-corrected chi connectivity index (χ1v) is 9.85. The number of hydrogen-bond acceptors (Lipinski definition) is 10. The van der Waals surface area contributed by atoms with Crippen molar-refractivity contribution in [2.45, 2.75) is 6.92 Å². The second kappa shape index (κ2) is 10.9. The van der Waals surface area contributed by atoms with Gasteiger partial charge in [0.25, 0.3) is 5.91 Å². The van der Waals surface area contributed by atoms with Gasteiger partial charge in [-0.1, -0.05) is 0 Å². The number of rotatable bonds is 11. The van der Waals surface area contributed by atoms with Crippen molar-refractivity contribution in [1.29, 1.82) is 0 Å². The van der Waals surface area contributed by atoms with Crippen LogP contribution in [0.4, 0.5) is 5.69 Å². The number of nitrogen functional groups attached to an aromatic ring is 1. The highest BCUT2D eigenvalue weighted by molar-refractivity contribution is 5.96. The minimum Gasteiger partial charge on any atom is -0.475 e. The van der Waals surface area contributed by atoms with Gasteiger partial charge in [0, 0.05) is 37.6 Å². The molecule has 0 saturated carbocycles. The van der Waals surface area contributed by atoms with Crippen molar-refractivity contribution >= 4 is 17.6 Å². The molecule has 0 aliphatic rings. The van der Waals surface area contributed by atoms with Crippen LogP contribution in [0, 0.1) is 0 Å². The molecular weight excluding hydrogens is 420 g/mol. The zero-order valence-electron chi connectivity index (χ0n) is 17.7. The van der Waals surface area contributed by atoms with Crippen LogP contribution in [0.1, 0.15) is 27.9 Å². The molecule has 3 N–H and O–H groups in total. The van der Waals surface area contributed by atoms with Crippen molar-refractivity contribution in [1.82, 2.24) is 25.1 Å². The van der Waals surface area contributed by atoms with Crippen LogP contribution in [-0.2, 0) is 16.5 Å². The van der Waals surface area contributed by atoms with Gasteiger partial charge in [-0.3, -0.25) is 9.48 Å². The normalized spacial score (nSPS) is 10.7. The quantitative estimate of drug-likeness (QED) is 0.324. The van der Waals surface area contributed by atoms with Gasteiger partial charge in [0.15, 0.2) is 11.4 Å². The fraction of sp³-hybridized carbons (Fsp3) is 0.350. The lowest BCUT2D eigenvalue weighted by atomic mass is 10.2. The molecule has 3 aromatic rings. The second-order valence-electron chi connectivity index (χ2n) is 6.46. The highest BCUT2D eigenvalue weighted by Gasteiger charge is 2.15. The molecule has 0 spiro atoms. The summed E-state index contributed by atoms with van der Waals surface area (Å²) in [4.78, 5) is 31.9. The number of aryl methyl sites for hydroxylation is 1. The van der Waals surface area contributed by atoms with E-state index in [-0.39, 0.29) is 36.4 Å². The van der Waals surface area contributed by atoms with Crippen LogP contribution in [-0.4, -0.2) is 64.6 Å². The summed E-state index contributed by atoms with van der Waals surface area (Å²) < 4.78 is 22.7. The maximum atomic E-state index is 12.0. The van der Waals surface area contributed by atoms with Crippen LogP contribution < -0.4 is 15.8 Å². The van der Waals surface area contributed by atoms with Gasteiger partial charge in [-0.05, 0) is 13.0 Å². The fourth-order valence-corrected chi connectivity index (χ4v) is 2.64. The molecule has 170 valence electrons. The molecule has 0 bridgehead atoms. The molecule has 0 aliphatic carbocycles. The molecule has 0 atom stereocenters. The van der Waals surface area contributed by atoms with E-state index in [4.69, 9.17) is 24.4 Å². The van der Waals surface area contributed by atoms with E-state index >= 15 is 0 Å². The van der Waals surface area contributed by atoms with E-state index in [0.29, 0.717) is 36.9 Å². The van der Waals surface area contributed by atoms with Crippen molar-refractivity contribution in [3.63, 3.8) is 0 Å². The van der Waals surface area contributed by atoms with Crippen LogP contribution in [0.25, 0.3) is 11.5 Å². The average Bonchev–Trinajstić information content (AvgIpc) is 3.40. The summed E-state index contributed by atoms with van der Waals surface area (Å²) in [5.74, 6) is -0.312. The third kappa shape index (κ3) is 6.04. The Morgan fingerprint density at radius 2 is 2.12 bits per heavy atom. The molecule has 0 aromatic carbocycles. The monoisotopic (exact) mass is 444 g/mol. The Morgan fingerprint density at radius 1 is 1.28 bits per heavy atom. The van der Waals surface area contributed by atoms with Crippen molar-refractivity contribution < 1.29 is 28.2 Å². The largest absolute Gasteiger partial charge is 0.475 e. The topological polar surface area (TPSA) is 157 Å². The summed E-state index contributed by atoms with van der Waals surface area (Å²) in [5, 5.41) is 6.68. The Bertz CT molecular complexity index is 1060. The van der Waals surface area contributed by atoms with Gasteiger partial charge in [-0.2, -0.15) is 5.10 Å². The number of carbonyl (C=O) groups is 2. The highest BCUT2D eigenvalue weighted by Crippen LogP contribution is 2.22. The number of nitrogens with two attached hydrogens (primary N) is 1. The molecule has 0 fully saturated rings. The number of aromatic nitrogens is 4. The zero-order valence-corrected chi connectivity index (χ0v) is 17.7. The van der Waals surface area contributed by atoms with Crippen LogP contribution >= 0.6 is 0 Å². The molecule has 0 aliphatic heterocycles. The standard InChI is InChI=1S/C20H24N6O6/c1-3-30-20(28)15-12-32-19(24-15)13-4-5-22-16(10-13)31-9-8-29-7-6-23-18(27)17-14(21)11-26(2)25-17/h4-5,10-12H,3,6-9,21H2,1-2H3,(H,23,27). The van der Waals surface area contributed by atoms with Gasteiger partial charge in [0.1, 0.15) is 12.9 Å². The number of anilines is 1. The molecule has 32 heavy (non-hydrogen) atoms. The first kappa shape index (κ1) is 22.7. The third-order valence-corrected chi connectivity index (χ3v) is 4.05. The lowest BCUT2D eigenvalue weighted by Crippen LogP contribution is -2.28. The third-order valence-electron chi connectivity index (χ3n) is 4.05. The summed E-state index contributed by atoms with van der Waals surface area (Å²) in [6.07, 6.45) is 4.34. The van der Waals surface area contributed by atoms with Gasteiger partial charge < -0.3 is 29.7 Å². The Labute approximate surface area is 183 Å². The first-order chi connectivity index (χ1) is 15.5. The number of pyridine rings is 1. The smallest absolute Gasteiger partial charge is 0.360 e. The van der Waals surface area contributed by atoms with E-state index in [1.807, 2.05) is 0 Å². The zero-order chi connectivity index (χ0) is 22.9. The SMILES string of the molecule is CCOC(=O)c1coc(-c2ccnc(OCCOCCNC(=O)c3nn(C)cc3N)c2)n1. The van der Waals surface area contributed by atoms with E-state index in [9.17, 15) is 9.59 Å². The van der Waals surface area contributed by atoms with Crippen LogP contribution in [0.3, 0.4) is 0 Å². The Morgan fingerprint density at radius 3 is 2.88 bits per heavy atom. The summed E-state index contributed by atoms with van der Waals surface area (Å²) in [6, 6.07) is 3.32. The summed E-state index contributed by atoms with van der Waals surface area (Å²) in [6.45, 7) is 3.10. The molecule has 12 nitrogen and oxygen atoms in total. The van der Waals surface area contributed by atoms with Crippen LogP contribution in [0.15, 0.2) is 35.2 Å². The molecule has 3 aromatic heterocycles. The minimum atomic E-state index is -0.551. The van der Waals surface area contributed by atoms with Crippen molar-refractivity contribution in [3.05, 3.63) is 42.2 Å². The number of amides is 1. The molecule has 12 heteroatoms. The van der Waals surface area contributed by atoms with E-state index < -0.39 is 5.97 Å². The van der Waals surface area contributed by atoms with Gasteiger partial charge in [-0.25, -0.2) is 14.8 Å². The Balaban J connectivity index is 1.38. The number of esters is 1. The summed E-state index contributed by atoms with van der Waals surface area (Å²) in [7, 11) is 1.69. The molecule has 0 radical (unpaired) electrons. The van der Waals surface area contributed by atoms with Gasteiger partial charge in [0.2, 0.25) is 11.8 Å². The molecule has 0 saturated heterocycles. The molecule has 3 rings (SSSR count). The van der Waals surface area contributed by atoms with Gasteiger partial charge in [0.05, 0.1) is 25.5 Å². The average molecular weight is 444 g/mol. The van der Waals surface area contributed by atoms with Crippen LogP contribution in [0.5, 0.6) is 5.88 Å². The van der Waals surface area contributed by atoms with Crippen molar-refractivity contribution in [3.8, 4) is 17.3 Å². The second-order valence-corrected chi connectivity index (χ2v) is 6.46. The lowest BCUT2D eigenvalue weighted by Gasteiger charge is -2.08.